The highest BCUT2D eigenvalue weighted by atomic mass is 16.5. The number of rotatable bonds is 8. The van der Waals surface area contributed by atoms with Gasteiger partial charge in [0.1, 0.15) is 18.7 Å². The summed E-state index contributed by atoms with van der Waals surface area (Å²) in [6.07, 6.45) is -0.658. The van der Waals surface area contributed by atoms with Crippen LogP contribution in [0.5, 0.6) is 0 Å². The molecule has 0 radical (unpaired) electrons. The van der Waals surface area contributed by atoms with Crippen LogP contribution in [0, 0.1) is 5.92 Å². The second kappa shape index (κ2) is 10.8. The number of benzene rings is 1. The molecule has 3 amide bonds. The summed E-state index contributed by atoms with van der Waals surface area (Å²) >= 11 is 0. The van der Waals surface area contributed by atoms with Crippen LogP contribution in [0.1, 0.15) is 38.3 Å². The number of hydrogen-bond acceptors (Lipinski definition) is 8. The largest absolute Gasteiger partial charge is 0.467 e. The second-order valence-corrected chi connectivity index (χ2v) is 6.72. The molecule has 11 nitrogen and oxygen atoms in total. The first-order valence-electron chi connectivity index (χ1n) is 9.26. The van der Waals surface area contributed by atoms with E-state index >= 15 is 0 Å². The number of carbonyl (C=O) groups is 3. The zero-order valence-electron chi connectivity index (χ0n) is 17.2. The number of carbonyl (C=O) groups excluding carboxylic acids is 3. The Kier molecular flexibility index (Phi) is 8.15. The van der Waals surface area contributed by atoms with Gasteiger partial charge in [-0.2, -0.15) is 0 Å². The van der Waals surface area contributed by atoms with Crippen molar-refractivity contribution in [3.63, 3.8) is 0 Å². The number of methoxy groups -OCH3 is 1. The van der Waals surface area contributed by atoms with Crippen LogP contribution in [-0.2, 0) is 20.9 Å². The van der Waals surface area contributed by atoms with E-state index in [0.29, 0.717) is 0 Å². The first-order chi connectivity index (χ1) is 14.3. The summed E-state index contributed by atoms with van der Waals surface area (Å²) in [5.74, 6) is -0.693. The van der Waals surface area contributed by atoms with Crippen molar-refractivity contribution >= 4 is 24.1 Å². The van der Waals surface area contributed by atoms with Crippen LogP contribution in [-0.4, -0.2) is 41.4 Å². The van der Waals surface area contributed by atoms with Crippen LogP contribution in [0.3, 0.4) is 0 Å². The van der Waals surface area contributed by atoms with E-state index in [-0.39, 0.29) is 24.4 Å². The first kappa shape index (κ1) is 22.7. The molecule has 0 aliphatic heterocycles. The summed E-state index contributed by atoms with van der Waals surface area (Å²) in [5.41, 5.74) is 0.849. The van der Waals surface area contributed by atoms with Gasteiger partial charge >= 0.3 is 24.1 Å². The van der Waals surface area contributed by atoms with Gasteiger partial charge in [0.05, 0.1) is 7.11 Å². The summed E-state index contributed by atoms with van der Waals surface area (Å²) in [5, 5.41) is 14.9. The van der Waals surface area contributed by atoms with Crippen molar-refractivity contribution in [2.45, 2.75) is 39.5 Å². The van der Waals surface area contributed by atoms with Crippen molar-refractivity contribution in [1.82, 2.24) is 20.8 Å². The van der Waals surface area contributed by atoms with Crippen LogP contribution in [0.4, 0.5) is 15.6 Å². The van der Waals surface area contributed by atoms with Gasteiger partial charge < -0.3 is 24.5 Å². The zero-order chi connectivity index (χ0) is 22.1. The van der Waals surface area contributed by atoms with Crippen LogP contribution in [0.15, 0.2) is 34.7 Å². The second-order valence-electron chi connectivity index (χ2n) is 6.72. The van der Waals surface area contributed by atoms with Crippen LogP contribution in [0.25, 0.3) is 0 Å². The Morgan fingerprint density at radius 3 is 2.40 bits per heavy atom. The number of urea groups is 1. The Labute approximate surface area is 173 Å². The van der Waals surface area contributed by atoms with Gasteiger partial charge in [0.2, 0.25) is 5.89 Å². The number of esters is 1. The molecule has 162 valence electrons. The Balaban J connectivity index is 1.85. The Bertz CT molecular complexity index is 854. The molecule has 2 rings (SSSR count). The summed E-state index contributed by atoms with van der Waals surface area (Å²) in [6.45, 7) is 5.26. The molecule has 0 spiro atoms. The molecule has 1 aromatic carbocycles. The van der Waals surface area contributed by atoms with Gasteiger partial charge in [0.25, 0.3) is 0 Å². The average molecular weight is 419 g/mol. The third-order valence-electron chi connectivity index (χ3n) is 3.99. The lowest BCUT2D eigenvalue weighted by Crippen LogP contribution is -2.46. The molecule has 0 unspecified atom stereocenters. The molecule has 0 saturated heterocycles. The van der Waals surface area contributed by atoms with Gasteiger partial charge in [-0.25, -0.2) is 14.4 Å². The minimum Gasteiger partial charge on any atom is -0.467 e. The number of nitrogens with zero attached hydrogens (tertiary/aromatic N) is 2. The predicted octanol–water partition coefficient (Wildman–Crippen LogP) is 2.38. The monoisotopic (exact) mass is 419 g/mol. The third-order valence-corrected chi connectivity index (χ3v) is 3.99. The quantitative estimate of drug-likeness (QED) is 0.553. The summed E-state index contributed by atoms with van der Waals surface area (Å²) < 4.78 is 15.1. The van der Waals surface area contributed by atoms with Gasteiger partial charge in [-0.1, -0.05) is 49.3 Å². The highest BCUT2D eigenvalue weighted by Crippen LogP contribution is 2.14. The molecular weight excluding hydrogens is 394 g/mol. The van der Waals surface area contributed by atoms with E-state index in [1.54, 1.807) is 20.8 Å². The van der Waals surface area contributed by atoms with E-state index in [1.807, 2.05) is 30.3 Å². The lowest BCUT2D eigenvalue weighted by Gasteiger charge is -2.19. The summed E-state index contributed by atoms with van der Waals surface area (Å²) in [4.78, 5) is 35.7. The fraction of sp³-hybridized carbons (Fsp3) is 0.421. The molecule has 0 saturated carbocycles. The lowest BCUT2D eigenvalue weighted by atomic mass is 10.1. The van der Waals surface area contributed by atoms with Crippen LogP contribution in [0.2, 0.25) is 0 Å². The lowest BCUT2D eigenvalue weighted by molar-refractivity contribution is -0.143. The molecule has 0 aliphatic rings. The molecule has 1 aromatic heterocycles. The smallest absolute Gasteiger partial charge is 0.408 e. The molecule has 0 bridgehead atoms. The zero-order valence-corrected chi connectivity index (χ0v) is 17.2. The average Bonchev–Trinajstić information content (AvgIpc) is 3.19. The first-order valence-corrected chi connectivity index (χ1v) is 9.26. The number of ether oxygens (including phenoxy) is 2. The van der Waals surface area contributed by atoms with Gasteiger partial charge in [-0.05, 0) is 18.4 Å². The Morgan fingerprint density at radius 2 is 1.77 bits per heavy atom. The van der Waals surface area contributed by atoms with E-state index in [1.165, 1.54) is 7.11 Å². The van der Waals surface area contributed by atoms with Gasteiger partial charge in [-0.3, -0.25) is 5.32 Å². The number of hydrogen-bond donors (Lipinski definition) is 3. The normalized spacial score (nSPS) is 12.6. The topological polar surface area (TPSA) is 145 Å². The van der Waals surface area contributed by atoms with Crippen molar-refractivity contribution in [3.05, 3.63) is 41.8 Å². The SMILES string of the molecule is COC(=O)[C@@H](NC(=O)Nc1nnc([C@H](C)NC(=O)OCc2ccccc2)o1)C(C)C. The van der Waals surface area contributed by atoms with E-state index in [2.05, 4.69) is 30.9 Å². The minimum atomic E-state index is -0.836. The van der Waals surface area contributed by atoms with Crippen molar-refractivity contribution in [2.75, 3.05) is 12.4 Å². The maximum atomic E-state index is 12.1. The molecule has 0 aliphatic carbocycles. The van der Waals surface area contributed by atoms with E-state index < -0.39 is 30.2 Å². The van der Waals surface area contributed by atoms with E-state index in [9.17, 15) is 14.4 Å². The number of alkyl carbamates (subject to hydrolysis) is 1. The van der Waals surface area contributed by atoms with Crippen molar-refractivity contribution in [2.24, 2.45) is 5.92 Å². The highest BCUT2D eigenvalue weighted by molar-refractivity contribution is 5.91. The van der Waals surface area contributed by atoms with Gasteiger partial charge in [-0.15, -0.1) is 5.10 Å². The predicted molar refractivity (Wildman–Crippen MR) is 105 cm³/mol. The number of nitrogens with one attached hydrogen (secondary N) is 3. The molecule has 30 heavy (non-hydrogen) atoms. The fourth-order valence-corrected chi connectivity index (χ4v) is 2.36. The van der Waals surface area contributed by atoms with E-state index in [4.69, 9.17) is 9.15 Å². The third kappa shape index (κ3) is 6.76. The van der Waals surface area contributed by atoms with Crippen LogP contribution >= 0.6 is 0 Å². The van der Waals surface area contributed by atoms with Crippen molar-refractivity contribution in [3.8, 4) is 0 Å². The maximum Gasteiger partial charge on any atom is 0.408 e. The van der Waals surface area contributed by atoms with E-state index in [0.717, 1.165) is 5.56 Å². The molecule has 2 aromatic rings. The summed E-state index contributed by atoms with van der Waals surface area (Å²) in [7, 11) is 1.24. The molecule has 2 atom stereocenters. The summed E-state index contributed by atoms with van der Waals surface area (Å²) in [6, 6.07) is 6.83. The minimum absolute atomic E-state index is 0.0651. The standard InChI is InChI=1S/C19H25N5O6/c1-11(2)14(16(25)28-4)21-17(26)22-18-24-23-15(30-18)12(3)20-19(27)29-10-13-8-6-5-7-9-13/h5-9,11-12,14H,10H2,1-4H3,(H,20,27)(H2,21,22,24,26)/t12-,14-/m0/s1. The maximum absolute atomic E-state index is 12.1. The Hall–Kier alpha value is -3.63. The van der Waals surface area contributed by atoms with Crippen molar-refractivity contribution < 1.29 is 28.3 Å². The fourth-order valence-electron chi connectivity index (χ4n) is 2.36. The Morgan fingerprint density at radius 1 is 1.07 bits per heavy atom. The van der Waals surface area contributed by atoms with Crippen molar-refractivity contribution in [1.29, 1.82) is 0 Å². The highest BCUT2D eigenvalue weighted by Gasteiger charge is 2.26. The van der Waals surface area contributed by atoms with Gasteiger partial charge in [0.15, 0.2) is 0 Å². The number of anilines is 1. The molecule has 1 heterocycles. The molecule has 3 N–H and O–H groups in total. The molecule has 11 heteroatoms. The molecular formula is C19H25N5O6. The number of aromatic nitrogens is 2. The van der Waals surface area contributed by atoms with Gasteiger partial charge in [0, 0.05) is 0 Å². The number of amides is 3. The molecule has 0 fully saturated rings. The van der Waals surface area contributed by atoms with Crippen LogP contribution < -0.4 is 16.0 Å².